The van der Waals surface area contributed by atoms with Crippen molar-refractivity contribution in [3.8, 4) is 11.5 Å². The van der Waals surface area contributed by atoms with Gasteiger partial charge in [0.15, 0.2) is 0 Å². The average Bonchev–Trinajstić information content (AvgIpc) is 2.87. The third-order valence-electron chi connectivity index (χ3n) is 2.79. The van der Waals surface area contributed by atoms with Gasteiger partial charge in [-0.2, -0.15) is 0 Å². The van der Waals surface area contributed by atoms with E-state index in [1.165, 1.54) is 0 Å². The normalized spacial score (nSPS) is 11.2. The van der Waals surface area contributed by atoms with E-state index in [2.05, 4.69) is 50.4 Å². The number of benzene rings is 1. The Morgan fingerprint density at radius 1 is 1.20 bits per heavy atom. The fraction of sp³-hybridized carbons (Fsp3) is 0.429. The van der Waals surface area contributed by atoms with Crippen LogP contribution >= 0.6 is 15.9 Å². The summed E-state index contributed by atoms with van der Waals surface area (Å²) in [6.45, 7) is 2.62. The monoisotopic (exact) mass is 338 g/mol. The maximum atomic E-state index is 5.63. The smallest absolute Gasteiger partial charge is 0.247 e. The van der Waals surface area contributed by atoms with Crippen LogP contribution in [0.3, 0.4) is 0 Å². The van der Waals surface area contributed by atoms with E-state index >= 15 is 0 Å². The fourth-order valence-electron chi connectivity index (χ4n) is 1.75. The largest absolute Gasteiger partial charge is 0.419 e. The minimum absolute atomic E-state index is 0.558. The van der Waals surface area contributed by atoms with E-state index in [0.717, 1.165) is 29.5 Å². The van der Waals surface area contributed by atoms with Crippen molar-refractivity contribution in [2.45, 2.75) is 13.0 Å². The summed E-state index contributed by atoms with van der Waals surface area (Å²) in [5.41, 5.74) is 0.930. The Labute approximate surface area is 127 Å². The van der Waals surface area contributed by atoms with Crippen molar-refractivity contribution in [1.82, 2.24) is 20.4 Å². The highest BCUT2D eigenvalue weighted by molar-refractivity contribution is 9.10. The van der Waals surface area contributed by atoms with Crippen LogP contribution in [0.25, 0.3) is 11.5 Å². The van der Waals surface area contributed by atoms with Crippen molar-refractivity contribution in [3.05, 3.63) is 34.6 Å². The molecular weight excluding hydrogens is 320 g/mol. The molecule has 0 saturated carbocycles. The number of nitrogens with one attached hydrogen (secondary N) is 1. The topological polar surface area (TPSA) is 54.2 Å². The van der Waals surface area contributed by atoms with Gasteiger partial charge in [-0.1, -0.05) is 15.9 Å². The molecule has 0 bridgehead atoms. The Balaban J connectivity index is 1.82. The van der Waals surface area contributed by atoms with Crippen molar-refractivity contribution in [3.63, 3.8) is 0 Å². The first-order valence-corrected chi connectivity index (χ1v) is 7.38. The molecule has 5 nitrogen and oxygen atoms in total. The summed E-state index contributed by atoms with van der Waals surface area (Å²) in [5, 5.41) is 11.4. The third-order valence-corrected chi connectivity index (χ3v) is 3.32. The van der Waals surface area contributed by atoms with Crippen molar-refractivity contribution in [1.29, 1.82) is 0 Å². The minimum atomic E-state index is 0.558. The number of hydrogen-bond donors (Lipinski definition) is 1. The summed E-state index contributed by atoms with van der Waals surface area (Å²) in [5.74, 6) is 1.18. The zero-order valence-corrected chi connectivity index (χ0v) is 13.4. The molecule has 0 aliphatic carbocycles. The number of aromatic nitrogens is 2. The van der Waals surface area contributed by atoms with Gasteiger partial charge in [-0.25, -0.2) is 0 Å². The van der Waals surface area contributed by atoms with Crippen LogP contribution in [0.4, 0.5) is 0 Å². The standard InChI is InChI=1S/C14H19BrN4O/c1-19(2)9-3-8-16-10-13-17-18-14(20-13)11-4-6-12(15)7-5-11/h4-7,16H,3,8-10H2,1-2H3. The molecule has 0 fully saturated rings. The van der Waals surface area contributed by atoms with E-state index < -0.39 is 0 Å². The molecule has 1 aromatic heterocycles. The van der Waals surface area contributed by atoms with Gasteiger partial charge in [0.05, 0.1) is 6.54 Å². The van der Waals surface area contributed by atoms with Gasteiger partial charge >= 0.3 is 0 Å². The van der Waals surface area contributed by atoms with Crippen LogP contribution in [0, 0.1) is 0 Å². The molecule has 0 saturated heterocycles. The zero-order valence-electron chi connectivity index (χ0n) is 11.8. The van der Waals surface area contributed by atoms with Gasteiger partial charge in [-0.15, -0.1) is 10.2 Å². The molecule has 1 N–H and O–H groups in total. The summed E-state index contributed by atoms with van der Waals surface area (Å²) in [6, 6.07) is 7.81. The van der Waals surface area contributed by atoms with Crippen LogP contribution in [0.1, 0.15) is 12.3 Å². The second-order valence-corrected chi connectivity index (χ2v) is 5.76. The first-order chi connectivity index (χ1) is 9.65. The van der Waals surface area contributed by atoms with Gasteiger partial charge in [0.1, 0.15) is 0 Å². The summed E-state index contributed by atoms with van der Waals surface area (Å²) >= 11 is 3.40. The lowest BCUT2D eigenvalue weighted by Gasteiger charge is -2.08. The Kier molecular flexibility index (Phi) is 5.70. The molecule has 0 amide bonds. The van der Waals surface area contributed by atoms with Crippen LogP contribution in [0.5, 0.6) is 0 Å². The molecule has 0 unspecified atom stereocenters. The van der Waals surface area contributed by atoms with Crippen molar-refractivity contribution >= 4 is 15.9 Å². The lowest BCUT2D eigenvalue weighted by Crippen LogP contribution is -2.21. The summed E-state index contributed by atoms with van der Waals surface area (Å²) in [4.78, 5) is 2.17. The van der Waals surface area contributed by atoms with Gasteiger partial charge in [0, 0.05) is 10.0 Å². The predicted molar refractivity (Wildman–Crippen MR) is 82.3 cm³/mol. The van der Waals surface area contributed by atoms with Crippen LogP contribution in [0.15, 0.2) is 33.2 Å². The lowest BCUT2D eigenvalue weighted by atomic mass is 10.2. The number of rotatable bonds is 7. The average molecular weight is 339 g/mol. The number of hydrogen-bond acceptors (Lipinski definition) is 5. The number of nitrogens with zero attached hydrogens (tertiary/aromatic N) is 3. The van der Waals surface area contributed by atoms with Gasteiger partial charge < -0.3 is 14.6 Å². The molecule has 0 radical (unpaired) electrons. The van der Waals surface area contributed by atoms with Gasteiger partial charge in [0.25, 0.3) is 0 Å². The summed E-state index contributed by atoms with van der Waals surface area (Å²) in [7, 11) is 4.14. The van der Waals surface area contributed by atoms with Crippen LogP contribution in [0.2, 0.25) is 0 Å². The van der Waals surface area contributed by atoms with E-state index in [4.69, 9.17) is 4.42 Å². The van der Waals surface area contributed by atoms with E-state index in [1.807, 2.05) is 24.3 Å². The molecule has 2 rings (SSSR count). The molecule has 0 aliphatic heterocycles. The minimum Gasteiger partial charge on any atom is -0.419 e. The highest BCUT2D eigenvalue weighted by Gasteiger charge is 2.07. The molecule has 2 aromatic rings. The maximum absolute atomic E-state index is 5.63. The van der Waals surface area contributed by atoms with Crippen LogP contribution < -0.4 is 5.32 Å². The predicted octanol–water partition coefficient (Wildman–Crippen LogP) is 2.54. The van der Waals surface area contributed by atoms with Gasteiger partial charge in [-0.05, 0) is 57.9 Å². The molecule has 1 aromatic carbocycles. The first-order valence-electron chi connectivity index (χ1n) is 6.59. The quantitative estimate of drug-likeness (QED) is 0.786. The van der Waals surface area contributed by atoms with Crippen molar-refractivity contribution in [2.24, 2.45) is 0 Å². The van der Waals surface area contributed by atoms with E-state index in [-0.39, 0.29) is 0 Å². The lowest BCUT2D eigenvalue weighted by molar-refractivity contribution is 0.390. The van der Waals surface area contributed by atoms with Crippen molar-refractivity contribution < 1.29 is 4.42 Å². The highest BCUT2D eigenvalue weighted by Crippen LogP contribution is 2.20. The Bertz CT molecular complexity index is 524. The van der Waals surface area contributed by atoms with E-state index in [0.29, 0.717) is 18.3 Å². The van der Waals surface area contributed by atoms with E-state index in [9.17, 15) is 0 Å². The molecule has 0 spiro atoms. The van der Waals surface area contributed by atoms with Gasteiger partial charge in [0.2, 0.25) is 11.8 Å². The van der Waals surface area contributed by atoms with Crippen LogP contribution in [-0.4, -0.2) is 42.3 Å². The zero-order chi connectivity index (χ0) is 14.4. The molecule has 6 heteroatoms. The molecule has 1 heterocycles. The molecule has 0 aliphatic rings. The summed E-state index contributed by atoms with van der Waals surface area (Å²) in [6.07, 6.45) is 1.10. The molecule has 0 atom stereocenters. The maximum Gasteiger partial charge on any atom is 0.247 e. The van der Waals surface area contributed by atoms with Crippen molar-refractivity contribution in [2.75, 3.05) is 27.2 Å². The third kappa shape index (κ3) is 4.70. The molecule has 20 heavy (non-hydrogen) atoms. The molecule has 108 valence electrons. The van der Waals surface area contributed by atoms with Gasteiger partial charge in [-0.3, -0.25) is 0 Å². The summed E-state index contributed by atoms with van der Waals surface area (Å²) < 4.78 is 6.66. The van der Waals surface area contributed by atoms with Crippen LogP contribution in [-0.2, 0) is 6.54 Å². The molecular formula is C14H19BrN4O. The highest BCUT2D eigenvalue weighted by atomic mass is 79.9. The SMILES string of the molecule is CN(C)CCCNCc1nnc(-c2ccc(Br)cc2)o1. The number of halogens is 1. The Hall–Kier alpha value is -1.24. The van der Waals surface area contributed by atoms with E-state index in [1.54, 1.807) is 0 Å². The Morgan fingerprint density at radius 2 is 1.95 bits per heavy atom. The second kappa shape index (κ2) is 7.52. The first kappa shape index (κ1) is 15.2. The Morgan fingerprint density at radius 3 is 2.65 bits per heavy atom. The fourth-order valence-corrected chi connectivity index (χ4v) is 2.01. The second-order valence-electron chi connectivity index (χ2n) is 4.84.